The quantitative estimate of drug-likeness (QED) is 0.693. The van der Waals surface area contributed by atoms with Gasteiger partial charge in [0.2, 0.25) is 0 Å². The highest BCUT2D eigenvalue weighted by atomic mass is 19.4. The third-order valence-electron chi connectivity index (χ3n) is 3.32. The van der Waals surface area contributed by atoms with Crippen LogP contribution in [0.5, 0.6) is 0 Å². The molecule has 4 heteroatoms. The summed E-state index contributed by atoms with van der Waals surface area (Å²) in [6, 6.07) is 0. The molecule has 0 radical (unpaired) electrons. The lowest BCUT2D eigenvalue weighted by Crippen LogP contribution is -2.30. The molecule has 1 aliphatic rings. The lowest BCUT2D eigenvalue weighted by molar-refractivity contribution is -0.184. The van der Waals surface area contributed by atoms with Crippen LogP contribution in [-0.4, -0.2) is 12.0 Å². The van der Waals surface area contributed by atoms with Crippen molar-refractivity contribution in [3.63, 3.8) is 0 Å². The van der Waals surface area contributed by atoms with Crippen LogP contribution in [0.1, 0.15) is 45.4 Å². The highest BCUT2D eigenvalue weighted by Crippen LogP contribution is 2.39. The molecule has 0 amide bonds. The predicted molar refractivity (Wildman–Crippen MR) is 59.2 cm³/mol. The Kier molecular flexibility index (Phi) is 5.04. The van der Waals surface area contributed by atoms with Gasteiger partial charge in [0.15, 0.2) is 0 Å². The molecule has 0 heterocycles. The summed E-state index contributed by atoms with van der Waals surface area (Å²) >= 11 is 0. The third-order valence-corrected chi connectivity index (χ3v) is 3.32. The van der Waals surface area contributed by atoms with Crippen molar-refractivity contribution in [1.29, 1.82) is 0 Å². The van der Waals surface area contributed by atoms with Gasteiger partial charge in [0, 0.05) is 18.8 Å². The zero-order valence-electron chi connectivity index (χ0n) is 9.94. The van der Waals surface area contributed by atoms with Gasteiger partial charge in [0.05, 0.1) is 5.92 Å². The molecule has 1 aliphatic carbocycles. The summed E-state index contributed by atoms with van der Waals surface area (Å²) in [5.41, 5.74) is 0. The molecule has 0 aromatic carbocycles. The molecule has 1 saturated carbocycles. The van der Waals surface area contributed by atoms with Crippen LogP contribution in [0.15, 0.2) is 0 Å². The zero-order valence-corrected chi connectivity index (χ0v) is 9.94. The Hall–Kier alpha value is -0.980. The molecule has 0 aliphatic heterocycles. The molecule has 1 fully saturated rings. The van der Waals surface area contributed by atoms with Crippen LogP contribution in [0, 0.1) is 23.7 Å². The van der Waals surface area contributed by atoms with Gasteiger partial charge in [-0.3, -0.25) is 4.79 Å². The second kappa shape index (κ2) is 6.09. The van der Waals surface area contributed by atoms with Crippen LogP contribution >= 0.6 is 0 Å². The van der Waals surface area contributed by atoms with E-state index in [1.54, 1.807) is 6.92 Å². The fraction of sp³-hybridized carbons (Fsp3) is 0.769. The summed E-state index contributed by atoms with van der Waals surface area (Å²) in [5, 5.41) is 0. The molecule has 0 aromatic rings. The van der Waals surface area contributed by atoms with Crippen molar-refractivity contribution < 1.29 is 18.0 Å². The lowest BCUT2D eigenvalue weighted by atomic mass is 9.79. The van der Waals surface area contributed by atoms with Gasteiger partial charge in [0.25, 0.3) is 0 Å². The molecule has 0 unspecified atom stereocenters. The van der Waals surface area contributed by atoms with Crippen molar-refractivity contribution in [2.45, 2.75) is 51.6 Å². The van der Waals surface area contributed by atoms with Crippen LogP contribution in [0.2, 0.25) is 0 Å². The summed E-state index contributed by atoms with van der Waals surface area (Å²) in [5.74, 6) is 4.20. The molecule has 0 atom stereocenters. The van der Waals surface area contributed by atoms with Crippen molar-refractivity contribution in [3.8, 4) is 11.8 Å². The monoisotopic (exact) mass is 246 g/mol. The van der Waals surface area contributed by atoms with E-state index in [9.17, 15) is 18.0 Å². The van der Waals surface area contributed by atoms with Crippen molar-refractivity contribution in [2.75, 3.05) is 0 Å². The minimum Gasteiger partial charge on any atom is -0.299 e. The molecule has 96 valence electrons. The lowest BCUT2D eigenvalue weighted by Gasteiger charge is -2.28. The first-order valence-electron chi connectivity index (χ1n) is 5.94. The summed E-state index contributed by atoms with van der Waals surface area (Å²) in [7, 11) is 0. The number of halogens is 3. The normalized spacial score (nSPS) is 24.9. The number of ketones is 1. The number of carbonyl (C=O) groups is 1. The van der Waals surface area contributed by atoms with Gasteiger partial charge in [-0.2, -0.15) is 13.2 Å². The average molecular weight is 246 g/mol. The molecule has 0 spiro atoms. The second-order valence-electron chi connectivity index (χ2n) is 4.48. The minimum atomic E-state index is -4.10. The second-order valence-corrected chi connectivity index (χ2v) is 4.48. The molecule has 0 saturated heterocycles. The SMILES string of the molecule is CC#CCCC(=O)C1CCC(C(F)(F)F)CC1. The molecule has 17 heavy (non-hydrogen) atoms. The maximum absolute atomic E-state index is 12.4. The fourth-order valence-corrected chi connectivity index (χ4v) is 2.26. The van der Waals surface area contributed by atoms with Crippen LogP contribution in [0.4, 0.5) is 13.2 Å². The van der Waals surface area contributed by atoms with Crippen LogP contribution in [-0.2, 0) is 4.79 Å². The molecule has 0 N–H and O–H groups in total. The molecule has 1 rings (SSSR count). The van der Waals surface area contributed by atoms with E-state index in [1.165, 1.54) is 0 Å². The molecule has 0 aromatic heterocycles. The van der Waals surface area contributed by atoms with Crippen molar-refractivity contribution >= 4 is 5.78 Å². The van der Waals surface area contributed by atoms with E-state index < -0.39 is 12.1 Å². The Balaban J connectivity index is 2.35. The number of Topliss-reactive ketones (excluding diaryl/α,β-unsaturated/α-hetero) is 1. The number of rotatable bonds is 3. The first kappa shape index (κ1) is 14.1. The Labute approximate surface area is 99.8 Å². The van der Waals surface area contributed by atoms with E-state index in [0.717, 1.165) is 0 Å². The summed E-state index contributed by atoms with van der Waals surface area (Å²) < 4.78 is 37.2. The maximum atomic E-state index is 12.4. The summed E-state index contributed by atoms with van der Waals surface area (Å²) in [6.45, 7) is 1.71. The van der Waals surface area contributed by atoms with Gasteiger partial charge >= 0.3 is 6.18 Å². The van der Waals surface area contributed by atoms with E-state index in [0.29, 0.717) is 25.7 Å². The van der Waals surface area contributed by atoms with E-state index in [1.807, 2.05) is 0 Å². The predicted octanol–water partition coefficient (Wildman–Crippen LogP) is 3.73. The Morgan fingerprint density at radius 2 is 1.82 bits per heavy atom. The first-order chi connectivity index (χ1) is 7.95. The van der Waals surface area contributed by atoms with Gasteiger partial charge in [-0.05, 0) is 32.6 Å². The van der Waals surface area contributed by atoms with E-state index in [-0.39, 0.29) is 24.5 Å². The molecule has 0 bridgehead atoms. The molecule has 1 nitrogen and oxygen atoms in total. The van der Waals surface area contributed by atoms with E-state index in [4.69, 9.17) is 0 Å². The van der Waals surface area contributed by atoms with E-state index in [2.05, 4.69) is 11.8 Å². The topological polar surface area (TPSA) is 17.1 Å². The largest absolute Gasteiger partial charge is 0.391 e. The third kappa shape index (κ3) is 4.41. The van der Waals surface area contributed by atoms with Crippen LogP contribution in [0.25, 0.3) is 0 Å². The van der Waals surface area contributed by atoms with Gasteiger partial charge in [-0.15, -0.1) is 11.8 Å². The molecular weight excluding hydrogens is 229 g/mol. The van der Waals surface area contributed by atoms with E-state index >= 15 is 0 Å². The van der Waals surface area contributed by atoms with Crippen molar-refractivity contribution in [2.24, 2.45) is 11.8 Å². The Bertz CT molecular complexity index is 314. The van der Waals surface area contributed by atoms with Gasteiger partial charge in [-0.1, -0.05) is 0 Å². The number of hydrogen-bond donors (Lipinski definition) is 0. The Morgan fingerprint density at radius 3 is 2.29 bits per heavy atom. The minimum absolute atomic E-state index is 0.0772. The smallest absolute Gasteiger partial charge is 0.299 e. The Morgan fingerprint density at radius 1 is 1.24 bits per heavy atom. The standard InChI is InChI=1S/C13H17F3O/c1-2-3-4-5-12(17)10-6-8-11(9-7-10)13(14,15)16/h10-11H,4-9H2,1H3. The number of alkyl halides is 3. The summed E-state index contributed by atoms with van der Waals surface area (Å²) in [6.07, 6.45) is -2.25. The highest BCUT2D eigenvalue weighted by Gasteiger charge is 2.42. The van der Waals surface area contributed by atoms with Gasteiger partial charge < -0.3 is 0 Å². The van der Waals surface area contributed by atoms with Crippen molar-refractivity contribution in [1.82, 2.24) is 0 Å². The fourth-order valence-electron chi connectivity index (χ4n) is 2.26. The van der Waals surface area contributed by atoms with Gasteiger partial charge in [-0.25, -0.2) is 0 Å². The van der Waals surface area contributed by atoms with Crippen LogP contribution in [0.3, 0.4) is 0 Å². The number of hydrogen-bond acceptors (Lipinski definition) is 1. The van der Waals surface area contributed by atoms with Gasteiger partial charge in [0.1, 0.15) is 5.78 Å². The zero-order chi connectivity index (χ0) is 12.9. The first-order valence-corrected chi connectivity index (χ1v) is 5.94. The average Bonchev–Trinajstić information content (AvgIpc) is 2.28. The number of carbonyl (C=O) groups excluding carboxylic acids is 1. The molecular formula is C13H17F3O. The highest BCUT2D eigenvalue weighted by molar-refractivity contribution is 5.81. The summed E-state index contributed by atoms with van der Waals surface area (Å²) in [4.78, 5) is 11.7. The maximum Gasteiger partial charge on any atom is 0.391 e. The van der Waals surface area contributed by atoms with Crippen LogP contribution < -0.4 is 0 Å². The van der Waals surface area contributed by atoms with Crippen molar-refractivity contribution in [3.05, 3.63) is 0 Å².